The Hall–Kier alpha value is -2.07. The molecular weight excluding hydrogens is 218 g/mol. The van der Waals surface area contributed by atoms with Crippen LogP contribution in [-0.2, 0) is 4.79 Å². The molecule has 2 rings (SSSR count). The van der Waals surface area contributed by atoms with Crippen molar-refractivity contribution in [1.29, 1.82) is 0 Å². The van der Waals surface area contributed by atoms with Gasteiger partial charge in [0.2, 0.25) is 5.91 Å². The molecule has 0 saturated carbocycles. The Bertz CT molecular complexity index is 481. The second-order valence-electron chi connectivity index (χ2n) is 4.18. The minimum absolute atomic E-state index is 0.0428. The average Bonchev–Trinajstić information content (AvgIpc) is 2.68. The number of pyridine rings is 1. The zero-order chi connectivity index (χ0) is 12.3. The van der Waals surface area contributed by atoms with Gasteiger partial charge < -0.3 is 0 Å². The zero-order valence-corrected chi connectivity index (χ0v) is 9.58. The highest BCUT2D eigenvalue weighted by Gasteiger charge is 2.30. The molecule has 6 nitrogen and oxygen atoms in total. The van der Waals surface area contributed by atoms with Crippen molar-refractivity contribution in [2.45, 2.75) is 13.3 Å². The van der Waals surface area contributed by atoms with Crippen LogP contribution in [0.4, 0.5) is 5.82 Å². The fraction of sp³-hybridized carbons (Fsp3) is 0.455. The van der Waals surface area contributed by atoms with Gasteiger partial charge in [-0.05, 0) is 36.1 Å². The second kappa shape index (κ2) is 4.84. The summed E-state index contributed by atoms with van der Waals surface area (Å²) in [6.45, 7) is 2.90. The molecule has 6 heteroatoms. The summed E-state index contributed by atoms with van der Waals surface area (Å²) in [6, 6.07) is 3.77. The summed E-state index contributed by atoms with van der Waals surface area (Å²) in [6.07, 6.45) is 2.12. The molecule has 88 valence electrons. The van der Waals surface area contributed by atoms with E-state index in [9.17, 15) is 4.79 Å². The van der Waals surface area contributed by atoms with E-state index in [4.69, 9.17) is 5.53 Å². The predicted molar refractivity (Wildman–Crippen MR) is 63.4 cm³/mol. The van der Waals surface area contributed by atoms with Crippen LogP contribution in [0.1, 0.15) is 12.0 Å². The van der Waals surface area contributed by atoms with Gasteiger partial charge in [-0.3, -0.25) is 9.69 Å². The normalized spacial score (nSPS) is 19.2. The number of anilines is 1. The van der Waals surface area contributed by atoms with E-state index in [1.165, 1.54) is 0 Å². The first-order valence-electron chi connectivity index (χ1n) is 5.44. The maximum absolute atomic E-state index is 11.8. The summed E-state index contributed by atoms with van der Waals surface area (Å²) in [5, 5.41) is 3.52. The lowest BCUT2D eigenvalue weighted by Gasteiger charge is -2.15. The molecule has 0 radical (unpaired) electrons. The first-order valence-corrected chi connectivity index (χ1v) is 5.44. The lowest BCUT2D eigenvalue weighted by molar-refractivity contribution is -0.117. The number of amides is 1. The number of nitrogens with zero attached hydrogens (tertiary/aromatic N) is 5. The summed E-state index contributed by atoms with van der Waals surface area (Å²) in [5.74, 6) is 0.820. The van der Waals surface area contributed by atoms with Gasteiger partial charge in [-0.1, -0.05) is 5.11 Å². The number of hydrogen-bond acceptors (Lipinski definition) is 3. The molecule has 1 amide bonds. The van der Waals surface area contributed by atoms with Crippen LogP contribution < -0.4 is 4.90 Å². The van der Waals surface area contributed by atoms with E-state index in [1.54, 1.807) is 11.1 Å². The smallest absolute Gasteiger partial charge is 0.228 e. The van der Waals surface area contributed by atoms with E-state index in [2.05, 4.69) is 15.0 Å². The van der Waals surface area contributed by atoms with Crippen LogP contribution in [0.3, 0.4) is 0 Å². The third-order valence-electron chi connectivity index (χ3n) is 2.79. The maximum Gasteiger partial charge on any atom is 0.228 e. The highest BCUT2D eigenvalue weighted by atomic mass is 16.2. The quantitative estimate of drug-likeness (QED) is 0.453. The van der Waals surface area contributed by atoms with Crippen LogP contribution in [0.15, 0.2) is 23.4 Å². The molecule has 1 aliphatic rings. The molecule has 0 bridgehead atoms. The van der Waals surface area contributed by atoms with Crippen molar-refractivity contribution in [2.75, 3.05) is 18.0 Å². The summed E-state index contributed by atoms with van der Waals surface area (Å²) in [5.41, 5.74) is 9.33. The monoisotopic (exact) mass is 231 g/mol. The Morgan fingerprint density at radius 1 is 1.71 bits per heavy atom. The van der Waals surface area contributed by atoms with Gasteiger partial charge in [0.1, 0.15) is 5.82 Å². The van der Waals surface area contributed by atoms with Crippen LogP contribution in [0.25, 0.3) is 10.4 Å². The lowest BCUT2D eigenvalue weighted by atomic mass is 10.1. The van der Waals surface area contributed by atoms with E-state index in [-0.39, 0.29) is 11.8 Å². The standard InChI is InChI=1S/C11H13N5O/c1-8-2-3-13-10(4-8)16-7-9(5-11(16)17)6-14-15-12/h2-4,9H,5-7H2,1H3. The predicted octanol–water partition coefficient (Wildman–Crippen LogP) is 2.05. The number of azide groups is 1. The Labute approximate surface area is 98.9 Å². The molecule has 1 aromatic rings. The van der Waals surface area contributed by atoms with E-state index in [0.717, 1.165) is 5.56 Å². The van der Waals surface area contributed by atoms with E-state index >= 15 is 0 Å². The second-order valence-corrected chi connectivity index (χ2v) is 4.18. The van der Waals surface area contributed by atoms with Gasteiger partial charge in [0.25, 0.3) is 0 Å². The molecular formula is C11H13N5O. The van der Waals surface area contributed by atoms with Crippen LogP contribution in [0.5, 0.6) is 0 Å². The highest BCUT2D eigenvalue weighted by molar-refractivity contribution is 5.94. The van der Waals surface area contributed by atoms with Crippen molar-refractivity contribution in [3.8, 4) is 0 Å². The molecule has 1 atom stereocenters. The molecule has 0 aliphatic carbocycles. The van der Waals surface area contributed by atoms with Crippen molar-refractivity contribution < 1.29 is 4.79 Å². The number of hydrogen-bond donors (Lipinski definition) is 0. The molecule has 0 N–H and O–H groups in total. The molecule has 17 heavy (non-hydrogen) atoms. The fourth-order valence-electron chi connectivity index (χ4n) is 1.95. The number of rotatable bonds is 3. The minimum Gasteiger partial charge on any atom is -0.297 e. The van der Waals surface area contributed by atoms with Crippen molar-refractivity contribution in [1.82, 2.24) is 4.98 Å². The molecule has 1 aromatic heterocycles. The van der Waals surface area contributed by atoms with Crippen LogP contribution in [-0.4, -0.2) is 24.0 Å². The van der Waals surface area contributed by atoms with Gasteiger partial charge >= 0.3 is 0 Å². The fourth-order valence-corrected chi connectivity index (χ4v) is 1.95. The number of aryl methyl sites for hydroxylation is 1. The SMILES string of the molecule is Cc1ccnc(N2CC(CN=[N+]=[N-])CC2=O)c1. The number of aromatic nitrogens is 1. The largest absolute Gasteiger partial charge is 0.297 e. The van der Waals surface area contributed by atoms with Crippen molar-refractivity contribution in [3.05, 3.63) is 34.3 Å². The molecule has 1 aliphatic heterocycles. The van der Waals surface area contributed by atoms with Gasteiger partial charge in [0, 0.05) is 30.6 Å². The minimum atomic E-state index is 0.0428. The first-order chi connectivity index (χ1) is 8.20. The molecule has 0 spiro atoms. The average molecular weight is 231 g/mol. The zero-order valence-electron chi connectivity index (χ0n) is 9.58. The van der Waals surface area contributed by atoms with Gasteiger partial charge in [-0.15, -0.1) is 0 Å². The van der Waals surface area contributed by atoms with E-state index < -0.39 is 0 Å². The van der Waals surface area contributed by atoms with Crippen molar-refractivity contribution in [3.63, 3.8) is 0 Å². The summed E-state index contributed by atoms with van der Waals surface area (Å²) in [7, 11) is 0. The van der Waals surface area contributed by atoms with Crippen molar-refractivity contribution >= 4 is 11.7 Å². The van der Waals surface area contributed by atoms with Gasteiger partial charge in [0.05, 0.1) is 0 Å². The summed E-state index contributed by atoms with van der Waals surface area (Å²) >= 11 is 0. The van der Waals surface area contributed by atoms with Crippen molar-refractivity contribution in [2.24, 2.45) is 11.0 Å². The molecule has 1 fully saturated rings. The molecule has 1 saturated heterocycles. The Morgan fingerprint density at radius 2 is 2.53 bits per heavy atom. The Balaban J connectivity index is 2.12. The van der Waals surface area contributed by atoms with E-state index in [0.29, 0.717) is 25.3 Å². The first kappa shape index (κ1) is 11.4. The third-order valence-corrected chi connectivity index (χ3v) is 2.79. The van der Waals surface area contributed by atoms with Crippen LogP contribution >= 0.6 is 0 Å². The van der Waals surface area contributed by atoms with Gasteiger partial charge in [-0.2, -0.15) is 0 Å². The van der Waals surface area contributed by atoms with Gasteiger partial charge in [0.15, 0.2) is 0 Å². The molecule has 2 heterocycles. The topological polar surface area (TPSA) is 82.0 Å². The van der Waals surface area contributed by atoms with E-state index in [1.807, 2.05) is 19.1 Å². The van der Waals surface area contributed by atoms with Crippen LogP contribution in [0, 0.1) is 12.8 Å². The highest BCUT2D eigenvalue weighted by Crippen LogP contribution is 2.24. The lowest BCUT2D eigenvalue weighted by Crippen LogP contribution is -2.25. The summed E-state index contributed by atoms with van der Waals surface area (Å²) in [4.78, 5) is 20.4. The number of carbonyl (C=O) groups excluding carboxylic acids is 1. The number of carbonyl (C=O) groups is 1. The summed E-state index contributed by atoms with van der Waals surface area (Å²) < 4.78 is 0. The Morgan fingerprint density at radius 3 is 3.24 bits per heavy atom. The molecule has 0 aromatic carbocycles. The Kier molecular flexibility index (Phi) is 3.25. The van der Waals surface area contributed by atoms with Crippen LogP contribution in [0.2, 0.25) is 0 Å². The van der Waals surface area contributed by atoms with Gasteiger partial charge in [-0.25, -0.2) is 4.98 Å². The maximum atomic E-state index is 11.8. The third kappa shape index (κ3) is 2.54. The molecule has 1 unspecified atom stereocenters.